The van der Waals surface area contributed by atoms with Gasteiger partial charge in [-0.1, -0.05) is 35.0 Å². The van der Waals surface area contributed by atoms with Gasteiger partial charge in [0, 0.05) is 11.9 Å². The summed E-state index contributed by atoms with van der Waals surface area (Å²) in [6, 6.07) is 8.72. The summed E-state index contributed by atoms with van der Waals surface area (Å²) in [7, 11) is 1.59. The fraction of sp³-hybridized carbons (Fsp3) is 0.188. The van der Waals surface area contributed by atoms with Crippen molar-refractivity contribution < 1.29 is 9.53 Å². The van der Waals surface area contributed by atoms with Crippen molar-refractivity contribution >= 4 is 52.2 Å². The molecule has 130 valence electrons. The lowest BCUT2D eigenvalue weighted by Crippen LogP contribution is -2.22. The number of carbonyl (C=O) groups is 1. The second kappa shape index (κ2) is 7.51. The van der Waals surface area contributed by atoms with Gasteiger partial charge in [0.05, 0.1) is 22.4 Å². The van der Waals surface area contributed by atoms with Crippen LogP contribution in [0.15, 0.2) is 41.7 Å². The zero-order chi connectivity index (χ0) is 18.0. The van der Waals surface area contributed by atoms with E-state index in [1.54, 1.807) is 55.0 Å². The van der Waals surface area contributed by atoms with Gasteiger partial charge >= 0.3 is 0 Å². The highest BCUT2D eigenvalue weighted by Gasteiger charge is 2.19. The topological polar surface area (TPSA) is 68.5 Å². The molecule has 0 aliphatic carbocycles. The van der Waals surface area contributed by atoms with Crippen LogP contribution in [0.3, 0.4) is 0 Å². The van der Waals surface area contributed by atoms with Gasteiger partial charge in [-0.2, -0.15) is 0 Å². The van der Waals surface area contributed by atoms with Gasteiger partial charge in [0.2, 0.25) is 5.91 Å². The van der Waals surface area contributed by atoms with Gasteiger partial charge in [-0.25, -0.2) is 0 Å². The molecule has 0 aliphatic heterocycles. The molecule has 2 heterocycles. The van der Waals surface area contributed by atoms with Crippen molar-refractivity contribution in [1.29, 1.82) is 0 Å². The third-order valence-electron chi connectivity index (χ3n) is 3.40. The van der Waals surface area contributed by atoms with Gasteiger partial charge in [-0.15, -0.1) is 10.2 Å². The Bertz CT molecular complexity index is 914. The van der Waals surface area contributed by atoms with E-state index in [0.717, 1.165) is 5.75 Å². The molecular weight excluding hydrogens is 383 g/mol. The summed E-state index contributed by atoms with van der Waals surface area (Å²) < 4.78 is 6.77. The Hall–Kier alpha value is -1.96. The number of methoxy groups -OCH3 is 1. The van der Waals surface area contributed by atoms with Gasteiger partial charge in [0.15, 0.2) is 10.8 Å². The fourth-order valence-electron chi connectivity index (χ4n) is 2.11. The summed E-state index contributed by atoms with van der Waals surface area (Å²) in [5.74, 6) is 0.573. The molecule has 9 heteroatoms. The van der Waals surface area contributed by atoms with E-state index in [2.05, 4.69) is 15.5 Å². The molecule has 0 saturated heterocycles. The zero-order valence-electron chi connectivity index (χ0n) is 13.4. The van der Waals surface area contributed by atoms with Crippen molar-refractivity contribution in [3.63, 3.8) is 0 Å². The lowest BCUT2D eigenvalue weighted by molar-refractivity contribution is -0.115. The van der Waals surface area contributed by atoms with Crippen molar-refractivity contribution in [2.24, 2.45) is 0 Å². The minimum Gasteiger partial charge on any atom is -0.497 e. The Labute approximate surface area is 158 Å². The van der Waals surface area contributed by atoms with Gasteiger partial charge < -0.3 is 10.1 Å². The standard InChI is InChI=1S/C16H14Cl2N4O2S/c1-9(15(23)19-11-3-5-12(24-2)6-4-11)25-16-21-20-14-13(18)7-10(17)8-22(14)16/h3-9H,1-2H3,(H,19,23)/t9-/m0/s1. The second-order valence-electron chi connectivity index (χ2n) is 5.16. The van der Waals surface area contributed by atoms with E-state index in [4.69, 9.17) is 27.9 Å². The number of aromatic nitrogens is 3. The number of pyridine rings is 1. The van der Waals surface area contributed by atoms with Crippen LogP contribution in [0.5, 0.6) is 5.75 Å². The zero-order valence-corrected chi connectivity index (χ0v) is 15.7. The lowest BCUT2D eigenvalue weighted by atomic mass is 10.3. The first-order valence-electron chi connectivity index (χ1n) is 7.29. The number of ether oxygens (including phenoxy) is 1. The monoisotopic (exact) mass is 396 g/mol. The van der Waals surface area contributed by atoms with Crippen LogP contribution in [0.1, 0.15) is 6.92 Å². The number of amides is 1. The number of fused-ring (bicyclic) bond motifs is 1. The van der Waals surface area contributed by atoms with Gasteiger partial charge in [0.1, 0.15) is 5.75 Å². The Morgan fingerprint density at radius 2 is 2.00 bits per heavy atom. The van der Waals surface area contributed by atoms with E-state index >= 15 is 0 Å². The first-order chi connectivity index (χ1) is 12.0. The first-order valence-corrected chi connectivity index (χ1v) is 8.93. The van der Waals surface area contributed by atoms with Crippen LogP contribution < -0.4 is 10.1 Å². The maximum Gasteiger partial charge on any atom is 0.237 e. The number of nitrogens with zero attached hydrogens (tertiary/aromatic N) is 3. The van der Waals surface area contributed by atoms with Crippen LogP contribution in [0.4, 0.5) is 5.69 Å². The Morgan fingerprint density at radius 3 is 2.68 bits per heavy atom. The van der Waals surface area contributed by atoms with Gasteiger partial charge in [0.25, 0.3) is 0 Å². The number of thioether (sulfide) groups is 1. The molecule has 0 spiro atoms. The molecule has 6 nitrogen and oxygen atoms in total. The number of carbonyl (C=O) groups excluding carboxylic acids is 1. The van der Waals surface area contributed by atoms with Gasteiger partial charge in [-0.05, 0) is 37.3 Å². The highest BCUT2D eigenvalue weighted by atomic mass is 35.5. The van der Waals surface area contributed by atoms with Crippen molar-refractivity contribution in [1.82, 2.24) is 14.6 Å². The molecule has 0 bridgehead atoms. The number of rotatable bonds is 5. The molecule has 25 heavy (non-hydrogen) atoms. The molecule has 0 radical (unpaired) electrons. The number of anilines is 1. The van der Waals surface area contributed by atoms with E-state index in [1.165, 1.54) is 11.8 Å². The number of hydrogen-bond acceptors (Lipinski definition) is 5. The minimum atomic E-state index is -0.396. The second-order valence-corrected chi connectivity index (χ2v) is 7.31. The van der Waals surface area contributed by atoms with Crippen molar-refractivity contribution in [3.8, 4) is 5.75 Å². The van der Waals surface area contributed by atoms with Gasteiger partial charge in [-0.3, -0.25) is 9.20 Å². The molecule has 0 aliphatic rings. The average molecular weight is 397 g/mol. The summed E-state index contributed by atoms with van der Waals surface area (Å²) in [5.41, 5.74) is 1.19. The van der Waals surface area contributed by atoms with Crippen LogP contribution in [-0.4, -0.2) is 32.9 Å². The van der Waals surface area contributed by atoms with E-state index in [-0.39, 0.29) is 5.91 Å². The smallest absolute Gasteiger partial charge is 0.237 e. The minimum absolute atomic E-state index is 0.153. The van der Waals surface area contributed by atoms with Crippen LogP contribution in [0.2, 0.25) is 10.0 Å². The molecule has 3 aromatic rings. The highest BCUT2D eigenvalue weighted by Crippen LogP contribution is 2.28. The Morgan fingerprint density at radius 1 is 1.28 bits per heavy atom. The summed E-state index contributed by atoms with van der Waals surface area (Å²) in [5, 5.41) is 12.0. The lowest BCUT2D eigenvalue weighted by Gasteiger charge is -2.11. The third-order valence-corrected chi connectivity index (χ3v) is 4.95. The normalized spacial score (nSPS) is 12.2. The first kappa shape index (κ1) is 17.8. The number of hydrogen-bond donors (Lipinski definition) is 1. The van der Waals surface area contributed by atoms with Crippen molar-refractivity contribution in [2.45, 2.75) is 17.3 Å². The van der Waals surface area contributed by atoms with Crippen LogP contribution in [0.25, 0.3) is 5.65 Å². The Balaban J connectivity index is 1.73. The number of benzene rings is 1. The van der Waals surface area contributed by atoms with E-state index < -0.39 is 5.25 Å². The number of nitrogens with one attached hydrogen (secondary N) is 1. The molecular formula is C16H14Cl2N4O2S. The molecule has 0 unspecified atom stereocenters. The Kier molecular flexibility index (Phi) is 5.36. The summed E-state index contributed by atoms with van der Waals surface area (Å²) in [6.45, 7) is 1.79. The van der Waals surface area contributed by atoms with Crippen LogP contribution in [0, 0.1) is 0 Å². The average Bonchev–Trinajstić information content (AvgIpc) is 2.98. The quantitative estimate of drug-likeness (QED) is 0.655. The fourth-order valence-corrected chi connectivity index (χ4v) is 3.44. The molecule has 1 N–H and O–H groups in total. The maximum absolute atomic E-state index is 12.4. The molecule has 3 rings (SSSR count). The summed E-state index contributed by atoms with van der Waals surface area (Å²) in [6.07, 6.45) is 1.67. The highest BCUT2D eigenvalue weighted by molar-refractivity contribution is 8.00. The van der Waals surface area contributed by atoms with E-state index in [1.807, 2.05) is 0 Å². The molecule has 0 saturated carbocycles. The summed E-state index contributed by atoms with van der Waals surface area (Å²) >= 11 is 13.4. The maximum atomic E-state index is 12.4. The van der Waals surface area contributed by atoms with Crippen LogP contribution >= 0.6 is 35.0 Å². The van der Waals surface area contributed by atoms with Crippen LogP contribution in [-0.2, 0) is 4.79 Å². The van der Waals surface area contributed by atoms with E-state index in [9.17, 15) is 4.79 Å². The molecule has 1 amide bonds. The largest absolute Gasteiger partial charge is 0.497 e. The van der Waals surface area contributed by atoms with Crippen molar-refractivity contribution in [2.75, 3.05) is 12.4 Å². The predicted octanol–water partition coefficient (Wildman–Crippen LogP) is 4.16. The van der Waals surface area contributed by atoms with Crippen molar-refractivity contribution in [3.05, 3.63) is 46.6 Å². The molecule has 1 aromatic carbocycles. The summed E-state index contributed by atoms with van der Waals surface area (Å²) in [4.78, 5) is 12.4. The van der Waals surface area contributed by atoms with E-state index in [0.29, 0.717) is 26.5 Å². The SMILES string of the molecule is COc1ccc(NC(=O)[C@H](C)Sc2nnc3c(Cl)cc(Cl)cn23)cc1. The number of halogens is 2. The molecule has 1 atom stereocenters. The molecule has 2 aromatic heterocycles. The molecule has 0 fully saturated rings. The predicted molar refractivity (Wildman–Crippen MR) is 99.9 cm³/mol. The third kappa shape index (κ3) is 4.00.